The Morgan fingerprint density at radius 3 is 1.81 bits per heavy atom. The predicted octanol–water partition coefficient (Wildman–Crippen LogP) is 8.41. The van der Waals surface area contributed by atoms with Gasteiger partial charge in [0.2, 0.25) is 47.3 Å². The van der Waals surface area contributed by atoms with Crippen molar-refractivity contribution in [1.82, 2.24) is 47.9 Å². The monoisotopic (exact) mass is 1590 g/mol. The number of amides is 9. The summed E-state index contributed by atoms with van der Waals surface area (Å²) in [6.45, 7) is 9.68. The number of ether oxygens (including phenoxy) is 1. The van der Waals surface area contributed by atoms with E-state index in [0.717, 1.165) is 49.4 Å². The standard InChI is InChI=1S/C85H105N9O15S3/c1-7-25-73(100)86-46-24-37-71(98)75(54(2)95)93-81(106)70-53-112-111-52-69(91-79(104)67(49-56-26-12-8-13-27-56)88-74(101)44-47-110-85(61-29-14-9-15-30-61,62-31-16-10-17-32-62)63-33-18-11-19-34-63)72(99)51-60(48-57-38-42-64(97)43-39-57)77(102)90-68(50-59-41-40-58-28-20-21-35-65(58)59)80(105)89-66(78(103)94-76(55(3)96)82(107)92-70)36-22-23-45-87-83(108)109-84(4,5)6/h8-21,26-35,38-39,41-43,54-55,60,66-70,75-76,95-97H,7,22-25,36-37,40,44-53H2,1-6H3,(H,86,100)(H,87,108)(H,88,101)(H,89,105)(H,90,102)(H,91,104)(H,92,107)(H,93,106)(H,94,103)/t54-,55-,60-,66+,67-,68-,69+,70+,75+,76+/m1/s1. The zero-order chi connectivity index (χ0) is 80.7. The van der Waals surface area contributed by atoms with Crippen LogP contribution >= 0.6 is 33.3 Å². The number of fused-ring (bicyclic) bond motifs is 1. The third-order valence-corrected chi connectivity index (χ3v) is 23.0. The number of aliphatic hydroxyl groups excluding tert-OH is 2. The van der Waals surface area contributed by atoms with Gasteiger partial charge in [0.05, 0.1) is 23.0 Å². The molecule has 6 aromatic rings. The molecule has 1 aliphatic heterocycles. The second-order valence-corrected chi connectivity index (χ2v) is 32.9. The Balaban J connectivity index is 1.16. The van der Waals surface area contributed by atoms with Gasteiger partial charge in [-0.05, 0) is 136 Å². The van der Waals surface area contributed by atoms with E-state index in [-0.39, 0.29) is 106 Å². The number of aliphatic hydroxyl groups is 2. The number of rotatable bonds is 32. The number of Topliss-reactive ketones (excluding diaryl/α,β-unsaturated/α-hetero) is 2. The highest BCUT2D eigenvalue weighted by Gasteiger charge is 2.40. The van der Waals surface area contributed by atoms with Crippen LogP contribution in [0.15, 0.2) is 176 Å². The van der Waals surface area contributed by atoms with Crippen molar-refractivity contribution in [1.29, 1.82) is 0 Å². The lowest BCUT2D eigenvalue weighted by atomic mass is 9.84. The van der Waals surface area contributed by atoms with Gasteiger partial charge in [-0.2, -0.15) is 0 Å². The Morgan fingerprint density at radius 2 is 1.20 bits per heavy atom. The van der Waals surface area contributed by atoms with Crippen LogP contribution in [0.4, 0.5) is 4.79 Å². The van der Waals surface area contributed by atoms with E-state index in [2.05, 4.69) is 84.2 Å². The Kier molecular flexibility index (Phi) is 34.4. The van der Waals surface area contributed by atoms with Gasteiger partial charge in [0.25, 0.3) is 0 Å². The number of phenols is 1. The van der Waals surface area contributed by atoms with E-state index in [1.165, 1.54) is 26.0 Å². The zero-order valence-corrected chi connectivity index (χ0v) is 66.7. The highest BCUT2D eigenvalue weighted by Crippen LogP contribution is 2.49. The third kappa shape index (κ3) is 27.0. The van der Waals surface area contributed by atoms with E-state index in [9.17, 15) is 48.9 Å². The molecule has 0 aromatic heterocycles. The molecule has 6 aromatic carbocycles. The molecule has 9 amide bonds. The van der Waals surface area contributed by atoms with Crippen LogP contribution in [0.3, 0.4) is 0 Å². The largest absolute Gasteiger partial charge is 0.508 e. The molecule has 0 spiro atoms. The van der Waals surface area contributed by atoms with Crippen LogP contribution < -0.4 is 47.9 Å². The summed E-state index contributed by atoms with van der Waals surface area (Å²) in [6.07, 6.45) is -1.24. The molecular weight excluding hydrogens is 1480 g/mol. The van der Waals surface area contributed by atoms with Gasteiger partial charge in [-0.25, -0.2) is 4.79 Å². The van der Waals surface area contributed by atoms with Gasteiger partial charge in [0.15, 0.2) is 11.6 Å². The van der Waals surface area contributed by atoms with Crippen molar-refractivity contribution < 1.29 is 72.8 Å². The summed E-state index contributed by atoms with van der Waals surface area (Å²) in [5.74, 6) is -9.16. The van der Waals surface area contributed by atoms with Gasteiger partial charge in [0.1, 0.15) is 47.6 Å². The van der Waals surface area contributed by atoms with E-state index in [1.54, 1.807) is 75.0 Å². The van der Waals surface area contributed by atoms with Gasteiger partial charge in [0, 0.05) is 74.8 Å². The number of phenolic OH excluding ortho intramolecular Hbond substituents is 1. The predicted molar refractivity (Wildman–Crippen MR) is 436 cm³/mol. The first-order chi connectivity index (χ1) is 53.7. The molecule has 24 nitrogen and oxygen atoms in total. The minimum absolute atomic E-state index is 0.0331. The maximum Gasteiger partial charge on any atom is 0.407 e. The van der Waals surface area contributed by atoms with Crippen molar-refractivity contribution in [2.24, 2.45) is 5.92 Å². The maximum absolute atomic E-state index is 15.7. The maximum atomic E-state index is 15.7. The van der Waals surface area contributed by atoms with E-state index in [0.29, 0.717) is 29.5 Å². The second kappa shape index (κ2) is 43.9. The van der Waals surface area contributed by atoms with Crippen LogP contribution in [-0.4, -0.2) is 171 Å². The molecule has 0 unspecified atom stereocenters. The smallest absolute Gasteiger partial charge is 0.407 e. The number of benzene rings is 6. The minimum atomic E-state index is -1.83. The first-order valence-corrected chi connectivity index (χ1v) is 41.6. The van der Waals surface area contributed by atoms with Gasteiger partial charge in [-0.1, -0.05) is 192 Å². The molecule has 598 valence electrons. The lowest BCUT2D eigenvalue weighted by Crippen LogP contribution is -2.62. The van der Waals surface area contributed by atoms with Crippen LogP contribution in [0.2, 0.25) is 0 Å². The van der Waals surface area contributed by atoms with Crippen molar-refractivity contribution in [3.8, 4) is 5.75 Å². The molecule has 1 aliphatic carbocycles. The number of carbonyl (C=O) groups is 11. The number of ketones is 2. The summed E-state index contributed by atoms with van der Waals surface area (Å²) in [5.41, 5.74) is 5.74. The van der Waals surface area contributed by atoms with Crippen LogP contribution in [0.1, 0.15) is 145 Å². The SMILES string of the molecule is CCCC(=O)NCCCC(=O)[C@@H](NC(=O)[C@@H]1CSSC[C@H](NC(=O)[C@@H](Cc2ccccc2)NC(=O)CCSC(c2ccccc2)(c2ccccc2)c2ccccc2)C(=O)C[C@@H](Cc2ccc(O)cc2)C(=O)N[C@H](CC2=CCc3ccccc32)C(=O)N[C@@H](CCCCNC(=O)OC(C)(C)C)C(=O)N[C@@H]([C@@H](C)O)C(=O)N1)[C@@H](C)O. The molecule has 1 heterocycles. The van der Waals surface area contributed by atoms with E-state index in [4.69, 9.17) is 4.74 Å². The van der Waals surface area contributed by atoms with Gasteiger partial charge in [-0.15, -0.1) is 11.8 Å². The Labute approximate surface area is 667 Å². The van der Waals surface area contributed by atoms with E-state index >= 15 is 19.2 Å². The number of carbonyl (C=O) groups excluding carboxylic acids is 11. The third-order valence-electron chi connectivity index (χ3n) is 19.0. The Hall–Kier alpha value is -9.80. The van der Waals surface area contributed by atoms with E-state index < -0.39 is 136 Å². The Bertz CT molecular complexity index is 4080. The highest BCUT2D eigenvalue weighted by atomic mass is 33.1. The van der Waals surface area contributed by atoms with E-state index in [1.807, 2.05) is 91.9 Å². The number of aromatic hydroxyl groups is 1. The second-order valence-electron chi connectivity index (χ2n) is 29.1. The van der Waals surface area contributed by atoms with Gasteiger partial charge in [-0.3, -0.25) is 47.9 Å². The molecule has 0 radical (unpaired) electrons. The summed E-state index contributed by atoms with van der Waals surface area (Å²) in [4.78, 5) is 160. The average Bonchev–Trinajstić information content (AvgIpc) is 0.892. The summed E-state index contributed by atoms with van der Waals surface area (Å²) >= 11 is 1.56. The summed E-state index contributed by atoms with van der Waals surface area (Å²) in [6, 6.07) is 41.7. The number of alkyl carbamates (subject to hydrolysis) is 1. The van der Waals surface area contributed by atoms with Crippen molar-refractivity contribution in [3.05, 3.63) is 215 Å². The summed E-state index contributed by atoms with van der Waals surface area (Å²) in [5, 5.41) is 57.8. The van der Waals surface area contributed by atoms with Crippen LogP contribution in [0, 0.1) is 5.92 Å². The molecule has 0 saturated carbocycles. The van der Waals surface area contributed by atoms with Crippen LogP contribution in [0.25, 0.3) is 5.57 Å². The average molecular weight is 1590 g/mol. The van der Waals surface area contributed by atoms with Gasteiger partial charge >= 0.3 is 6.09 Å². The molecule has 0 bridgehead atoms. The number of unbranched alkanes of at least 4 members (excludes halogenated alkanes) is 1. The highest BCUT2D eigenvalue weighted by molar-refractivity contribution is 8.76. The minimum Gasteiger partial charge on any atom is -0.508 e. The van der Waals surface area contributed by atoms with Crippen molar-refractivity contribution in [3.63, 3.8) is 0 Å². The molecule has 1 fully saturated rings. The van der Waals surface area contributed by atoms with Gasteiger partial charge < -0.3 is 67.9 Å². The van der Waals surface area contributed by atoms with Crippen molar-refractivity contribution >= 4 is 104 Å². The Morgan fingerprint density at radius 1 is 0.607 bits per heavy atom. The first kappa shape index (κ1) is 87.8. The lowest BCUT2D eigenvalue weighted by Gasteiger charge is -2.35. The molecule has 10 atom stereocenters. The molecular formula is C85H105N9O15S3. The van der Waals surface area contributed by atoms with Crippen molar-refractivity contribution in [2.45, 2.75) is 190 Å². The van der Waals surface area contributed by atoms with Crippen LogP contribution in [0.5, 0.6) is 5.75 Å². The fraction of sp³-hybridized carbons (Fsp3) is 0.424. The lowest BCUT2D eigenvalue weighted by molar-refractivity contribution is -0.137. The number of hydrogen-bond donors (Lipinski definition) is 12. The quantitative estimate of drug-likeness (QED) is 0.0107. The molecule has 1 saturated heterocycles. The number of allylic oxidation sites excluding steroid dienone is 1. The molecule has 8 rings (SSSR count). The number of nitrogens with one attached hydrogen (secondary N) is 9. The normalized spacial score (nSPS) is 19.2. The molecule has 112 heavy (non-hydrogen) atoms. The topological polar surface area (TPSA) is 366 Å². The van der Waals surface area contributed by atoms with Crippen molar-refractivity contribution in [2.75, 3.05) is 30.3 Å². The summed E-state index contributed by atoms with van der Waals surface area (Å²) in [7, 11) is 1.93. The molecule has 2 aliphatic rings. The fourth-order valence-corrected chi connectivity index (χ4v) is 17.1. The summed E-state index contributed by atoms with van der Waals surface area (Å²) < 4.78 is 4.63. The molecule has 12 N–H and O–H groups in total. The number of hydrogen-bond acceptors (Lipinski definition) is 18. The van der Waals surface area contributed by atoms with Crippen LogP contribution in [-0.2, 0) is 76.7 Å². The zero-order valence-electron chi connectivity index (χ0n) is 64.2. The first-order valence-electron chi connectivity index (χ1n) is 38.1. The fourth-order valence-electron chi connectivity index (χ4n) is 13.2. The number of thioether (sulfide) groups is 1. The molecule has 27 heteroatoms.